The number of hydrogen-bond acceptors (Lipinski definition) is 7. The lowest BCUT2D eigenvalue weighted by atomic mass is 9.91. The summed E-state index contributed by atoms with van der Waals surface area (Å²) in [6.45, 7) is 39.3. The van der Waals surface area contributed by atoms with Crippen molar-refractivity contribution in [3.8, 4) is 0 Å². The second kappa shape index (κ2) is 32.4. The molecule has 7 aromatic carbocycles. The summed E-state index contributed by atoms with van der Waals surface area (Å²) in [5.41, 5.74) is 30.3. The third-order valence-electron chi connectivity index (χ3n) is 18.3. The molecule has 0 unspecified atom stereocenters. The molecular formula is C80H111N7. The number of aryl methyl sites for hydroxylation is 2. The van der Waals surface area contributed by atoms with Gasteiger partial charge in [-0.3, -0.25) is 0 Å². The van der Waals surface area contributed by atoms with Gasteiger partial charge in [-0.25, -0.2) is 0 Å². The molecule has 7 aliphatic heterocycles. The highest BCUT2D eigenvalue weighted by Gasteiger charge is 2.19. The van der Waals surface area contributed by atoms with Crippen molar-refractivity contribution in [2.75, 3.05) is 83.0 Å². The van der Waals surface area contributed by atoms with Gasteiger partial charge < -0.3 is 37.2 Å². The summed E-state index contributed by atoms with van der Waals surface area (Å²) in [5, 5.41) is 24.0. The molecular weight excluding hydrogens is 1060 g/mol. The summed E-state index contributed by atoms with van der Waals surface area (Å²) >= 11 is 0. The Morgan fingerprint density at radius 2 is 0.598 bits per heavy atom. The van der Waals surface area contributed by atoms with E-state index in [0.29, 0.717) is 41.4 Å². The minimum atomic E-state index is 0.630. The van der Waals surface area contributed by atoms with E-state index in [1.807, 2.05) is 0 Å². The molecule has 14 rings (SSSR count). The maximum atomic E-state index is 3.46. The normalized spacial score (nSPS) is 14.9. The van der Waals surface area contributed by atoms with E-state index in [-0.39, 0.29) is 0 Å². The van der Waals surface area contributed by atoms with E-state index in [2.05, 4.69) is 262 Å². The first-order valence-electron chi connectivity index (χ1n) is 34.0. The first kappa shape index (κ1) is 66.1. The molecule has 0 fully saturated rings. The van der Waals surface area contributed by atoms with E-state index in [4.69, 9.17) is 0 Å². The zero-order valence-electron chi connectivity index (χ0n) is 56.2. The molecule has 0 amide bonds. The van der Waals surface area contributed by atoms with Crippen molar-refractivity contribution in [3.05, 3.63) is 205 Å². The molecule has 7 heteroatoms. The number of fused-ring (bicyclic) bond motifs is 7. The van der Waals surface area contributed by atoms with Crippen molar-refractivity contribution in [1.29, 1.82) is 0 Å². The van der Waals surface area contributed by atoms with E-state index in [9.17, 15) is 0 Å². The van der Waals surface area contributed by atoms with Gasteiger partial charge in [0, 0.05) is 85.6 Å². The van der Waals surface area contributed by atoms with E-state index in [1.54, 1.807) is 5.56 Å². The average Bonchev–Trinajstić information content (AvgIpc) is 4.35. The van der Waals surface area contributed by atoms with Gasteiger partial charge in [0.25, 0.3) is 0 Å². The maximum Gasteiger partial charge on any atom is 0.0408 e. The molecule has 0 aromatic heterocycles. The van der Waals surface area contributed by atoms with Crippen molar-refractivity contribution >= 4 is 39.8 Å². The standard InChI is InChI=1S/3C12H17N.4C11H15N/c1-9(2)10-5-3-7-12-11(10)6-4-8-13-12;1-9(2)10-5-6-12-11(8-10)4-3-7-13-12;1-9(2)11-6-5-10-4-3-7-13-12(10)8-11;1-8(2)9-3-4-11-10(7-9)5-6-12-11;1-8(2)10-4-3-9-5-6-12-11(9)7-10;1-8(2)9-4-3-5-11-10(9)6-7-12-11;1-8(2)10-5-3-4-9-6-7-12-11(9)10/h3,5,7,9,13H,4,6,8H2,1-2H3;2*5-6,8-9,13H,3-4,7H2,1-2H3;2*3-4,7-8,12H,5-6H2,1-2H3;2*3-5,8,12H,6-7H2,1-2H3. The van der Waals surface area contributed by atoms with Crippen LogP contribution in [-0.2, 0) is 44.9 Å². The molecule has 0 radical (unpaired) electrons. The Morgan fingerprint density at radius 1 is 0.241 bits per heavy atom. The lowest BCUT2D eigenvalue weighted by Crippen LogP contribution is -2.13. The lowest BCUT2D eigenvalue weighted by molar-refractivity contribution is 0.782. The second-order valence-corrected chi connectivity index (χ2v) is 27.2. The van der Waals surface area contributed by atoms with Gasteiger partial charge in [-0.15, -0.1) is 0 Å². The first-order valence-corrected chi connectivity index (χ1v) is 34.0. The first-order chi connectivity index (χ1) is 41.9. The molecule has 0 bridgehead atoms. The van der Waals surface area contributed by atoms with Gasteiger partial charge in [-0.05, 0) is 220 Å². The molecule has 0 saturated carbocycles. The van der Waals surface area contributed by atoms with E-state index < -0.39 is 0 Å². The van der Waals surface area contributed by atoms with Crippen LogP contribution in [0.2, 0.25) is 0 Å². The van der Waals surface area contributed by atoms with Gasteiger partial charge in [0.2, 0.25) is 0 Å². The van der Waals surface area contributed by atoms with Gasteiger partial charge >= 0.3 is 0 Å². The number of hydrogen-bond donors (Lipinski definition) is 7. The van der Waals surface area contributed by atoms with Crippen molar-refractivity contribution < 1.29 is 0 Å². The zero-order valence-corrected chi connectivity index (χ0v) is 56.2. The lowest BCUT2D eigenvalue weighted by Gasteiger charge is -2.22. The van der Waals surface area contributed by atoms with Gasteiger partial charge in [-0.2, -0.15) is 0 Å². The molecule has 7 nitrogen and oxygen atoms in total. The average molecular weight is 1170 g/mol. The Balaban J connectivity index is 0.000000132. The molecule has 7 aliphatic rings. The fraction of sp³-hybridized carbons (Fsp3) is 0.475. The Kier molecular flexibility index (Phi) is 24.6. The molecule has 0 saturated heterocycles. The van der Waals surface area contributed by atoms with E-state index in [0.717, 1.165) is 45.8 Å². The van der Waals surface area contributed by atoms with Gasteiger partial charge in [-0.1, -0.05) is 188 Å². The van der Waals surface area contributed by atoms with Crippen LogP contribution in [0.5, 0.6) is 0 Å². The van der Waals surface area contributed by atoms with Crippen molar-refractivity contribution in [2.24, 2.45) is 0 Å². The van der Waals surface area contributed by atoms with Crippen LogP contribution in [0.25, 0.3) is 0 Å². The number of rotatable bonds is 7. The highest BCUT2D eigenvalue weighted by molar-refractivity contribution is 5.63. The van der Waals surface area contributed by atoms with Crippen LogP contribution in [0.4, 0.5) is 39.8 Å². The smallest absolute Gasteiger partial charge is 0.0408 e. The highest BCUT2D eigenvalue weighted by Crippen LogP contribution is 2.34. The highest BCUT2D eigenvalue weighted by atomic mass is 14.9. The van der Waals surface area contributed by atoms with Crippen LogP contribution in [-0.4, -0.2) is 45.8 Å². The Bertz CT molecular complexity index is 3100. The van der Waals surface area contributed by atoms with Crippen LogP contribution >= 0.6 is 0 Å². The van der Waals surface area contributed by atoms with Crippen LogP contribution in [0.3, 0.4) is 0 Å². The summed E-state index contributed by atoms with van der Waals surface area (Å²) < 4.78 is 0. The summed E-state index contributed by atoms with van der Waals surface area (Å²) in [6, 6.07) is 47.0. The molecule has 0 spiro atoms. The maximum absolute atomic E-state index is 3.46. The summed E-state index contributed by atoms with van der Waals surface area (Å²) in [6.07, 6.45) is 12.3. The van der Waals surface area contributed by atoms with Crippen LogP contribution in [0, 0.1) is 0 Å². The quantitative estimate of drug-likeness (QED) is 0.0857. The molecule has 0 aliphatic carbocycles. The summed E-state index contributed by atoms with van der Waals surface area (Å²) in [4.78, 5) is 0. The minimum absolute atomic E-state index is 0.630. The minimum Gasteiger partial charge on any atom is -0.385 e. The number of para-hydroxylation sites is 1. The SMILES string of the molecule is CC(C)c1ccc2c(c1)CCCN2.CC(C)c1ccc2c(c1)CCN2.CC(C)c1ccc2c(c1)NCC2.CC(C)c1ccc2c(c1)NCCC2.CC(C)c1cccc2c1CCCN2.CC(C)c1cccc2c1CCN2.CC(C)c1cccc2c1NCC2. The Hall–Kier alpha value is -6.86. The predicted molar refractivity (Wildman–Crippen MR) is 383 cm³/mol. The van der Waals surface area contributed by atoms with Crippen molar-refractivity contribution in [1.82, 2.24) is 0 Å². The number of anilines is 7. The third-order valence-corrected chi connectivity index (χ3v) is 18.3. The largest absolute Gasteiger partial charge is 0.385 e. The second-order valence-electron chi connectivity index (χ2n) is 27.2. The number of nitrogens with one attached hydrogen (secondary N) is 7. The van der Waals surface area contributed by atoms with Crippen molar-refractivity contribution in [2.45, 2.75) is 203 Å². The van der Waals surface area contributed by atoms with Crippen LogP contribution in [0.1, 0.15) is 236 Å². The predicted octanol–water partition coefficient (Wildman–Crippen LogP) is 20.6. The van der Waals surface area contributed by atoms with E-state index in [1.165, 1.54) is 176 Å². The van der Waals surface area contributed by atoms with E-state index >= 15 is 0 Å². The topological polar surface area (TPSA) is 84.2 Å². The monoisotopic (exact) mass is 1170 g/mol. The van der Waals surface area contributed by atoms with Gasteiger partial charge in [0.05, 0.1) is 0 Å². The van der Waals surface area contributed by atoms with Gasteiger partial charge in [0.1, 0.15) is 0 Å². The molecule has 0 atom stereocenters. The Morgan fingerprint density at radius 3 is 1.14 bits per heavy atom. The molecule has 7 heterocycles. The number of benzene rings is 7. The zero-order chi connectivity index (χ0) is 62.0. The summed E-state index contributed by atoms with van der Waals surface area (Å²) in [5.74, 6) is 4.50. The molecule has 87 heavy (non-hydrogen) atoms. The molecule has 466 valence electrons. The molecule has 7 N–H and O–H groups in total. The van der Waals surface area contributed by atoms with Crippen LogP contribution in [0.15, 0.2) is 127 Å². The fourth-order valence-electron chi connectivity index (χ4n) is 12.9. The van der Waals surface area contributed by atoms with Crippen LogP contribution < -0.4 is 37.2 Å². The molecule has 7 aromatic rings. The Labute approximate surface area is 527 Å². The fourth-order valence-corrected chi connectivity index (χ4v) is 12.9. The third kappa shape index (κ3) is 18.4. The van der Waals surface area contributed by atoms with Crippen molar-refractivity contribution in [3.63, 3.8) is 0 Å². The summed E-state index contributed by atoms with van der Waals surface area (Å²) in [7, 11) is 0. The van der Waals surface area contributed by atoms with Gasteiger partial charge in [0.15, 0.2) is 0 Å².